The minimum Gasteiger partial charge on any atom is -0.397 e. The fourth-order valence-corrected chi connectivity index (χ4v) is 3.74. The predicted molar refractivity (Wildman–Crippen MR) is 75.8 cm³/mol. The Morgan fingerprint density at radius 3 is 2.67 bits per heavy atom. The number of nitrogen functional groups attached to an aromatic ring is 1. The Labute approximate surface area is 125 Å². The highest BCUT2D eigenvalue weighted by Gasteiger charge is 2.55. The molecule has 2 fully saturated rings. The van der Waals surface area contributed by atoms with Crippen molar-refractivity contribution in [3.8, 4) is 0 Å². The molecular weight excluding hydrogens is 296 g/mol. The van der Waals surface area contributed by atoms with Gasteiger partial charge in [-0.2, -0.15) is 0 Å². The van der Waals surface area contributed by atoms with Crippen LogP contribution >= 0.6 is 11.3 Å². The summed E-state index contributed by atoms with van der Waals surface area (Å²) in [5.74, 6) is -1.32. The maximum Gasteiger partial charge on any atom is 0.260 e. The molecule has 2 saturated heterocycles. The van der Waals surface area contributed by atoms with Crippen LogP contribution in [0.1, 0.15) is 35.2 Å². The molecule has 0 aromatic carbocycles. The van der Waals surface area contributed by atoms with Gasteiger partial charge in [-0.3, -0.25) is 4.79 Å². The summed E-state index contributed by atoms with van der Waals surface area (Å²) in [7, 11) is 0. The zero-order valence-corrected chi connectivity index (χ0v) is 12.6. The van der Waals surface area contributed by atoms with Gasteiger partial charge in [0.15, 0.2) is 5.79 Å². The van der Waals surface area contributed by atoms with Crippen LogP contribution in [0.4, 0.5) is 5.69 Å². The van der Waals surface area contributed by atoms with Crippen LogP contribution in [0.15, 0.2) is 5.38 Å². The Bertz CT molecular complexity index is 573. The fraction of sp³-hybridized carbons (Fsp3) is 0.615. The van der Waals surface area contributed by atoms with Crippen molar-refractivity contribution in [1.29, 1.82) is 0 Å². The SMILES string of the molecule is CC1(C)OC2C(O1)[C@H](c1csc(C(N)=O)c1N)O[C@@H]2CO. The first-order chi connectivity index (χ1) is 9.84. The summed E-state index contributed by atoms with van der Waals surface area (Å²) >= 11 is 1.18. The van der Waals surface area contributed by atoms with Gasteiger partial charge in [-0.05, 0) is 19.2 Å². The highest BCUT2D eigenvalue weighted by Crippen LogP contribution is 2.47. The first-order valence-electron chi connectivity index (χ1n) is 6.62. The highest BCUT2D eigenvalue weighted by atomic mass is 32.1. The van der Waals surface area contributed by atoms with Gasteiger partial charge < -0.3 is 30.8 Å². The Balaban J connectivity index is 1.94. The lowest BCUT2D eigenvalue weighted by Crippen LogP contribution is -2.31. The Morgan fingerprint density at radius 1 is 1.43 bits per heavy atom. The molecule has 2 aliphatic heterocycles. The number of nitrogens with two attached hydrogens (primary N) is 2. The Hall–Kier alpha value is -1.19. The molecule has 1 amide bonds. The molecule has 21 heavy (non-hydrogen) atoms. The van der Waals surface area contributed by atoms with Crippen molar-refractivity contribution in [2.75, 3.05) is 12.3 Å². The summed E-state index contributed by atoms with van der Waals surface area (Å²) in [6.45, 7) is 3.44. The average Bonchev–Trinajstić information content (AvgIpc) is 3.00. The number of primary amides is 1. The number of carbonyl (C=O) groups is 1. The highest BCUT2D eigenvalue weighted by molar-refractivity contribution is 7.12. The lowest BCUT2D eigenvalue weighted by molar-refractivity contribution is -0.191. The largest absolute Gasteiger partial charge is 0.397 e. The van der Waals surface area contributed by atoms with Crippen LogP contribution in [0.2, 0.25) is 0 Å². The van der Waals surface area contributed by atoms with E-state index in [1.807, 2.05) is 13.8 Å². The average molecular weight is 314 g/mol. The molecule has 1 aromatic rings. The summed E-state index contributed by atoms with van der Waals surface area (Å²) in [6.07, 6.45) is -1.72. The first kappa shape index (κ1) is 14.7. The number of ether oxygens (including phenoxy) is 3. The minimum atomic E-state index is -0.748. The molecule has 2 aliphatic rings. The van der Waals surface area contributed by atoms with Crippen molar-refractivity contribution in [2.24, 2.45) is 5.73 Å². The zero-order chi connectivity index (χ0) is 15.4. The number of fused-ring (bicyclic) bond motifs is 1. The molecule has 1 aromatic heterocycles. The summed E-state index contributed by atoms with van der Waals surface area (Å²) in [6, 6.07) is 0. The molecule has 8 heteroatoms. The molecule has 0 spiro atoms. The molecule has 5 N–H and O–H groups in total. The molecule has 4 atom stereocenters. The molecule has 116 valence electrons. The third-order valence-corrected chi connectivity index (χ3v) is 4.75. The van der Waals surface area contributed by atoms with E-state index < -0.39 is 23.9 Å². The molecule has 2 unspecified atom stereocenters. The van der Waals surface area contributed by atoms with Gasteiger partial charge in [0.05, 0.1) is 12.3 Å². The van der Waals surface area contributed by atoms with E-state index in [1.54, 1.807) is 5.38 Å². The Morgan fingerprint density at radius 2 is 2.10 bits per heavy atom. The van der Waals surface area contributed by atoms with E-state index in [0.717, 1.165) is 0 Å². The molecule has 0 bridgehead atoms. The molecule has 0 aliphatic carbocycles. The number of amides is 1. The van der Waals surface area contributed by atoms with Gasteiger partial charge in [0.25, 0.3) is 5.91 Å². The van der Waals surface area contributed by atoms with E-state index in [1.165, 1.54) is 11.3 Å². The molecular formula is C13H18N2O5S. The van der Waals surface area contributed by atoms with E-state index in [2.05, 4.69) is 0 Å². The van der Waals surface area contributed by atoms with E-state index in [9.17, 15) is 9.90 Å². The van der Waals surface area contributed by atoms with E-state index in [0.29, 0.717) is 16.1 Å². The zero-order valence-electron chi connectivity index (χ0n) is 11.7. The number of anilines is 1. The van der Waals surface area contributed by atoms with Crippen LogP contribution in [-0.4, -0.2) is 41.7 Å². The van der Waals surface area contributed by atoms with Crippen LogP contribution in [0.3, 0.4) is 0 Å². The van der Waals surface area contributed by atoms with Crippen LogP contribution in [0.25, 0.3) is 0 Å². The minimum absolute atomic E-state index is 0.177. The smallest absolute Gasteiger partial charge is 0.260 e. The molecule has 0 saturated carbocycles. The van der Waals surface area contributed by atoms with Crippen molar-refractivity contribution in [1.82, 2.24) is 0 Å². The fourth-order valence-electron chi connectivity index (χ4n) is 2.87. The number of hydrogen-bond acceptors (Lipinski definition) is 7. The third-order valence-electron chi connectivity index (χ3n) is 3.72. The number of thiophene rings is 1. The van der Waals surface area contributed by atoms with Gasteiger partial charge in [0.1, 0.15) is 29.3 Å². The third kappa shape index (κ3) is 2.33. The van der Waals surface area contributed by atoms with Crippen molar-refractivity contribution < 1.29 is 24.1 Å². The summed E-state index contributed by atoms with van der Waals surface area (Å²) in [5.41, 5.74) is 12.2. The lowest BCUT2D eigenvalue weighted by atomic mass is 10.0. The van der Waals surface area contributed by atoms with Crippen molar-refractivity contribution >= 4 is 22.9 Å². The van der Waals surface area contributed by atoms with Gasteiger partial charge >= 0.3 is 0 Å². The standard InChI is InChI=1S/C13H18N2O5S/c1-13(2)19-9-6(3-16)18-8(10(9)20-13)5-4-21-11(7(5)14)12(15)17/h4,6,8-10,16H,3,14H2,1-2H3,(H2,15,17)/t6-,8+,9?,10?/m1/s1. The number of carbonyl (C=O) groups excluding carboxylic acids is 1. The van der Waals surface area contributed by atoms with Crippen LogP contribution in [-0.2, 0) is 14.2 Å². The second-order valence-corrected chi connectivity index (χ2v) is 6.52. The van der Waals surface area contributed by atoms with Gasteiger partial charge in [-0.25, -0.2) is 0 Å². The second-order valence-electron chi connectivity index (χ2n) is 5.64. The normalized spacial score (nSPS) is 34.0. The van der Waals surface area contributed by atoms with Crippen LogP contribution in [0.5, 0.6) is 0 Å². The van der Waals surface area contributed by atoms with Crippen LogP contribution < -0.4 is 11.5 Å². The summed E-state index contributed by atoms with van der Waals surface area (Å²) in [4.78, 5) is 11.6. The van der Waals surface area contributed by atoms with Gasteiger partial charge in [0.2, 0.25) is 0 Å². The van der Waals surface area contributed by atoms with E-state index in [4.69, 9.17) is 25.7 Å². The first-order valence-corrected chi connectivity index (χ1v) is 7.50. The maximum atomic E-state index is 11.3. The van der Waals surface area contributed by atoms with Gasteiger partial charge in [-0.15, -0.1) is 11.3 Å². The number of rotatable bonds is 3. The molecule has 3 heterocycles. The van der Waals surface area contributed by atoms with Crippen molar-refractivity contribution in [3.05, 3.63) is 15.8 Å². The topological polar surface area (TPSA) is 117 Å². The van der Waals surface area contributed by atoms with E-state index >= 15 is 0 Å². The van der Waals surface area contributed by atoms with Crippen LogP contribution in [0, 0.1) is 0 Å². The number of aliphatic hydroxyl groups excluding tert-OH is 1. The van der Waals surface area contributed by atoms with Crippen molar-refractivity contribution in [3.63, 3.8) is 0 Å². The Kier molecular flexibility index (Phi) is 3.45. The maximum absolute atomic E-state index is 11.3. The summed E-state index contributed by atoms with van der Waals surface area (Å²) in [5, 5.41) is 11.2. The lowest BCUT2D eigenvalue weighted by Gasteiger charge is -2.23. The van der Waals surface area contributed by atoms with E-state index in [-0.39, 0.29) is 18.8 Å². The predicted octanol–water partition coefficient (Wildman–Crippen LogP) is 0.382. The number of hydrogen-bond donors (Lipinski definition) is 3. The van der Waals surface area contributed by atoms with Crippen molar-refractivity contribution in [2.45, 2.75) is 44.1 Å². The molecule has 3 rings (SSSR count). The quantitative estimate of drug-likeness (QED) is 0.742. The van der Waals surface area contributed by atoms with Gasteiger partial charge in [-0.1, -0.05) is 0 Å². The summed E-state index contributed by atoms with van der Waals surface area (Å²) < 4.78 is 17.5. The molecule has 0 radical (unpaired) electrons. The van der Waals surface area contributed by atoms with Gasteiger partial charge in [0, 0.05) is 5.56 Å². The second kappa shape index (κ2) is 4.92. The monoisotopic (exact) mass is 314 g/mol. The molecule has 7 nitrogen and oxygen atoms in total. The number of aliphatic hydroxyl groups is 1.